The van der Waals surface area contributed by atoms with Crippen LogP contribution in [0.25, 0.3) is 0 Å². The summed E-state index contributed by atoms with van der Waals surface area (Å²) in [5, 5.41) is 6.72. The normalized spacial score (nSPS) is 11.2. The van der Waals surface area contributed by atoms with E-state index < -0.39 is 0 Å². The van der Waals surface area contributed by atoms with Crippen LogP contribution in [0.1, 0.15) is 28.2 Å². The number of hydrogen-bond acceptors (Lipinski definition) is 4. The third kappa shape index (κ3) is 4.66. The minimum absolute atomic E-state index is 0.0767. The topological polar surface area (TPSA) is 38.1 Å². The van der Waals surface area contributed by atoms with Crippen molar-refractivity contribution in [2.24, 2.45) is 0 Å². The lowest BCUT2D eigenvalue weighted by molar-refractivity contribution is 0.0969. The van der Waals surface area contributed by atoms with E-state index in [0.29, 0.717) is 23.7 Å². The third-order valence-corrected chi connectivity index (χ3v) is 4.44. The van der Waals surface area contributed by atoms with Gasteiger partial charge in [0.1, 0.15) is 5.69 Å². The zero-order chi connectivity index (χ0) is 15.2. The Labute approximate surface area is 134 Å². The summed E-state index contributed by atoms with van der Waals surface area (Å²) in [5.74, 6) is 0.0767. The molecule has 4 nitrogen and oxygen atoms in total. The van der Waals surface area contributed by atoms with E-state index in [4.69, 9.17) is 11.6 Å². The maximum absolute atomic E-state index is 12.4. The minimum atomic E-state index is 0.0767. The monoisotopic (exact) mass is 325 g/mol. The van der Waals surface area contributed by atoms with Crippen molar-refractivity contribution < 1.29 is 4.79 Å². The van der Waals surface area contributed by atoms with Gasteiger partial charge >= 0.3 is 0 Å². The number of halogens is 1. The number of rotatable bonds is 8. The highest BCUT2D eigenvalue weighted by atomic mass is 35.5. The Balaban J connectivity index is 1.93. The first kappa shape index (κ1) is 16.2. The zero-order valence-electron chi connectivity index (χ0n) is 12.4. The number of thiophene rings is 1. The van der Waals surface area contributed by atoms with Crippen molar-refractivity contribution >= 4 is 28.7 Å². The first-order valence-corrected chi connectivity index (χ1v) is 8.25. The Morgan fingerprint density at radius 1 is 1.48 bits per heavy atom. The Morgan fingerprint density at radius 2 is 2.29 bits per heavy atom. The summed E-state index contributed by atoms with van der Waals surface area (Å²) in [7, 11) is 3.99. The van der Waals surface area contributed by atoms with Gasteiger partial charge in [0.05, 0.1) is 17.8 Å². The summed E-state index contributed by atoms with van der Waals surface area (Å²) in [6.07, 6.45) is 3.84. The van der Waals surface area contributed by atoms with Crippen LogP contribution in [-0.4, -0.2) is 41.1 Å². The van der Waals surface area contributed by atoms with Gasteiger partial charge in [0, 0.05) is 17.8 Å². The molecule has 2 aromatic rings. The van der Waals surface area contributed by atoms with Gasteiger partial charge in [-0.3, -0.25) is 9.48 Å². The number of aryl methyl sites for hydroxylation is 1. The van der Waals surface area contributed by atoms with E-state index in [-0.39, 0.29) is 5.78 Å². The smallest absolute Gasteiger partial charge is 0.182 e. The Bertz CT molecular complexity index is 578. The van der Waals surface area contributed by atoms with Crippen molar-refractivity contribution in [3.8, 4) is 0 Å². The number of nitrogens with zero attached hydrogens (tertiary/aromatic N) is 3. The van der Waals surface area contributed by atoms with Crippen LogP contribution in [0.5, 0.6) is 0 Å². The number of ketones is 1. The van der Waals surface area contributed by atoms with Crippen molar-refractivity contribution in [3.05, 3.63) is 39.3 Å². The molecule has 0 saturated heterocycles. The van der Waals surface area contributed by atoms with Crippen LogP contribution in [-0.2, 0) is 13.0 Å². The second kappa shape index (κ2) is 7.73. The molecule has 0 aliphatic heterocycles. The van der Waals surface area contributed by atoms with Crippen molar-refractivity contribution in [1.82, 2.24) is 14.7 Å². The standard InChI is InChI=1S/C15H20ClN3OS/c1-18(2)8-9-19-15(13(16)11-17-19)14(20)7-3-5-12-6-4-10-21-12/h4,6,10-11H,3,5,7-9H2,1-2H3. The molecule has 0 fully saturated rings. The maximum atomic E-state index is 12.4. The molecule has 0 aromatic carbocycles. The number of likely N-dealkylation sites (N-methyl/N-ethyl adjacent to an activating group) is 1. The highest BCUT2D eigenvalue weighted by molar-refractivity contribution is 7.09. The second-order valence-corrected chi connectivity index (χ2v) is 6.66. The second-order valence-electron chi connectivity index (χ2n) is 5.22. The summed E-state index contributed by atoms with van der Waals surface area (Å²) in [4.78, 5) is 15.7. The lowest BCUT2D eigenvalue weighted by Crippen LogP contribution is -2.21. The average Bonchev–Trinajstić information content (AvgIpc) is 3.06. The largest absolute Gasteiger partial charge is 0.308 e. The fourth-order valence-corrected chi connectivity index (χ4v) is 3.10. The van der Waals surface area contributed by atoms with Crippen molar-refractivity contribution in [2.45, 2.75) is 25.8 Å². The summed E-state index contributed by atoms with van der Waals surface area (Å²) in [6.45, 7) is 1.50. The summed E-state index contributed by atoms with van der Waals surface area (Å²) >= 11 is 7.85. The molecule has 0 bridgehead atoms. The molecule has 0 aliphatic rings. The van der Waals surface area contributed by atoms with E-state index in [1.54, 1.807) is 22.2 Å². The van der Waals surface area contributed by atoms with Gasteiger partial charge < -0.3 is 4.90 Å². The SMILES string of the molecule is CN(C)CCn1ncc(Cl)c1C(=O)CCCc1cccs1. The molecule has 2 heterocycles. The molecule has 0 unspecified atom stereocenters. The Kier molecular flexibility index (Phi) is 5.96. The number of Topliss-reactive ketones (excluding diaryl/α,β-unsaturated/α-hetero) is 1. The van der Waals surface area contributed by atoms with Gasteiger partial charge in [-0.2, -0.15) is 5.10 Å². The lowest BCUT2D eigenvalue weighted by atomic mass is 10.1. The van der Waals surface area contributed by atoms with Crippen LogP contribution in [0.4, 0.5) is 0 Å². The highest BCUT2D eigenvalue weighted by Crippen LogP contribution is 2.19. The van der Waals surface area contributed by atoms with Gasteiger partial charge in [-0.05, 0) is 38.4 Å². The van der Waals surface area contributed by atoms with Crippen molar-refractivity contribution in [3.63, 3.8) is 0 Å². The van der Waals surface area contributed by atoms with E-state index in [0.717, 1.165) is 19.4 Å². The molecule has 0 N–H and O–H groups in total. The van der Waals surface area contributed by atoms with Gasteiger partial charge in [-0.1, -0.05) is 17.7 Å². The van der Waals surface area contributed by atoms with Gasteiger partial charge in [-0.25, -0.2) is 0 Å². The molecule has 6 heteroatoms. The van der Waals surface area contributed by atoms with Crippen LogP contribution < -0.4 is 0 Å². The first-order chi connectivity index (χ1) is 10.1. The highest BCUT2D eigenvalue weighted by Gasteiger charge is 2.17. The van der Waals surface area contributed by atoms with E-state index >= 15 is 0 Å². The molecule has 114 valence electrons. The summed E-state index contributed by atoms with van der Waals surface area (Å²) in [6, 6.07) is 4.14. The number of carbonyl (C=O) groups is 1. The number of carbonyl (C=O) groups excluding carboxylic acids is 1. The average molecular weight is 326 g/mol. The Hall–Kier alpha value is -1.17. The van der Waals surface area contributed by atoms with E-state index in [9.17, 15) is 4.79 Å². The van der Waals surface area contributed by atoms with E-state index in [1.807, 2.05) is 20.2 Å². The molecular formula is C15H20ClN3OS. The van der Waals surface area contributed by atoms with Crippen LogP contribution >= 0.6 is 22.9 Å². The van der Waals surface area contributed by atoms with Crippen LogP contribution in [0.15, 0.2) is 23.7 Å². The molecule has 2 aromatic heterocycles. The summed E-state index contributed by atoms with van der Waals surface area (Å²) in [5.41, 5.74) is 0.546. The number of hydrogen-bond donors (Lipinski definition) is 0. The molecule has 0 aliphatic carbocycles. The van der Waals surface area contributed by atoms with E-state index in [2.05, 4.69) is 21.4 Å². The van der Waals surface area contributed by atoms with Gasteiger partial charge in [0.25, 0.3) is 0 Å². The molecule has 0 radical (unpaired) electrons. The molecule has 0 spiro atoms. The van der Waals surface area contributed by atoms with Crippen LogP contribution in [0.2, 0.25) is 5.02 Å². The fourth-order valence-electron chi connectivity index (χ4n) is 2.10. The van der Waals surface area contributed by atoms with Crippen molar-refractivity contribution in [1.29, 1.82) is 0 Å². The van der Waals surface area contributed by atoms with E-state index in [1.165, 1.54) is 4.88 Å². The quantitative estimate of drug-likeness (QED) is 0.698. The van der Waals surface area contributed by atoms with Gasteiger partial charge in [0.2, 0.25) is 0 Å². The molecule has 0 saturated carbocycles. The third-order valence-electron chi connectivity index (χ3n) is 3.23. The minimum Gasteiger partial charge on any atom is -0.308 e. The van der Waals surface area contributed by atoms with Crippen molar-refractivity contribution in [2.75, 3.05) is 20.6 Å². The number of aromatic nitrogens is 2. The maximum Gasteiger partial charge on any atom is 0.182 e. The lowest BCUT2D eigenvalue weighted by Gasteiger charge is -2.11. The Morgan fingerprint density at radius 3 is 2.95 bits per heavy atom. The molecule has 2 rings (SSSR count). The predicted molar refractivity (Wildman–Crippen MR) is 87.4 cm³/mol. The molecule has 0 atom stereocenters. The zero-order valence-corrected chi connectivity index (χ0v) is 14.0. The predicted octanol–water partition coefficient (Wildman–Crippen LogP) is 3.37. The fraction of sp³-hybridized carbons (Fsp3) is 0.467. The van der Waals surface area contributed by atoms with Crippen LogP contribution in [0.3, 0.4) is 0 Å². The molecule has 0 amide bonds. The first-order valence-electron chi connectivity index (χ1n) is 6.99. The molecule has 21 heavy (non-hydrogen) atoms. The van der Waals surface area contributed by atoms with Gasteiger partial charge in [0.15, 0.2) is 5.78 Å². The molecular weight excluding hydrogens is 306 g/mol. The van der Waals surface area contributed by atoms with Gasteiger partial charge in [-0.15, -0.1) is 11.3 Å². The summed E-state index contributed by atoms with van der Waals surface area (Å²) < 4.78 is 1.72. The van der Waals surface area contributed by atoms with Crippen LogP contribution in [0, 0.1) is 0 Å².